The summed E-state index contributed by atoms with van der Waals surface area (Å²) in [6.45, 7) is -0.272. The minimum atomic E-state index is -0.915. The molecule has 0 heterocycles. The van der Waals surface area contributed by atoms with E-state index in [4.69, 9.17) is 5.11 Å². The molecule has 1 aliphatic rings. The van der Waals surface area contributed by atoms with E-state index in [-0.39, 0.29) is 18.5 Å². The second-order valence-corrected chi connectivity index (χ2v) is 4.73. The van der Waals surface area contributed by atoms with Crippen LogP contribution >= 0.6 is 0 Å². The highest BCUT2D eigenvalue weighted by atomic mass is 19.1. The summed E-state index contributed by atoms with van der Waals surface area (Å²) in [5.74, 6) is -0.543. The molecule has 2 atom stereocenters. The lowest BCUT2D eigenvalue weighted by atomic mass is 9.76. The predicted molar refractivity (Wildman–Crippen MR) is 64.1 cm³/mol. The average Bonchev–Trinajstić information content (AvgIpc) is 2.39. The monoisotopic (exact) mass is 236 g/mol. The predicted octanol–water partition coefficient (Wildman–Crippen LogP) is 3.63. The summed E-state index contributed by atoms with van der Waals surface area (Å²) in [6, 6.07) is 6.90. The van der Waals surface area contributed by atoms with Crippen LogP contribution in [-0.2, 0) is 0 Å². The number of hydrogen-bond acceptors (Lipinski definition) is 1. The standard InChI is InChI=1S/C14H17FO2/c15-9-12-3-1-2-4-13(12)10-5-7-11(8-6-10)14(16)17/h5-8,12-13H,1-4,9H2,(H,16,17). The highest BCUT2D eigenvalue weighted by Crippen LogP contribution is 2.37. The number of carboxylic acids is 1. The van der Waals surface area contributed by atoms with Gasteiger partial charge in [0.05, 0.1) is 12.2 Å². The Balaban J connectivity index is 2.17. The van der Waals surface area contributed by atoms with Gasteiger partial charge >= 0.3 is 5.97 Å². The van der Waals surface area contributed by atoms with Crippen LogP contribution in [0.5, 0.6) is 0 Å². The lowest BCUT2D eigenvalue weighted by molar-refractivity contribution is 0.0697. The van der Waals surface area contributed by atoms with Crippen LogP contribution in [0.25, 0.3) is 0 Å². The molecular formula is C14H17FO2. The Bertz CT molecular complexity index is 386. The van der Waals surface area contributed by atoms with Crippen molar-refractivity contribution in [3.8, 4) is 0 Å². The van der Waals surface area contributed by atoms with E-state index >= 15 is 0 Å². The van der Waals surface area contributed by atoms with Gasteiger partial charge in [-0.1, -0.05) is 25.0 Å². The Labute approximate surface area is 100 Å². The molecular weight excluding hydrogens is 219 g/mol. The number of hydrogen-bond donors (Lipinski definition) is 1. The fraction of sp³-hybridized carbons (Fsp3) is 0.500. The summed E-state index contributed by atoms with van der Waals surface area (Å²) in [5, 5.41) is 8.82. The number of rotatable bonds is 3. The Hall–Kier alpha value is -1.38. The first-order valence-electron chi connectivity index (χ1n) is 6.11. The van der Waals surface area contributed by atoms with Crippen LogP contribution < -0.4 is 0 Å². The van der Waals surface area contributed by atoms with E-state index in [1.807, 2.05) is 12.1 Å². The fourth-order valence-electron chi connectivity index (χ4n) is 2.70. The summed E-state index contributed by atoms with van der Waals surface area (Å²) < 4.78 is 12.9. The van der Waals surface area contributed by atoms with Crippen molar-refractivity contribution in [3.05, 3.63) is 35.4 Å². The topological polar surface area (TPSA) is 37.3 Å². The molecule has 1 aromatic carbocycles. The molecule has 0 aromatic heterocycles. The fourth-order valence-corrected chi connectivity index (χ4v) is 2.70. The van der Waals surface area contributed by atoms with Crippen molar-refractivity contribution in [1.82, 2.24) is 0 Å². The molecule has 2 rings (SSSR count). The second-order valence-electron chi connectivity index (χ2n) is 4.73. The maximum atomic E-state index is 12.9. The van der Waals surface area contributed by atoms with E-state index in [9.17, 15) is 9.18 Å². The number of carboxylic acid groups (broad SMARTS) is 1. The molecule has 0 aliphatic heterocycles. The number of carbonyl (C=O) groups is 1. The van der Waals surface area contributed by atoms with Crippen LogP contribution in [0.2, 0.25) is 0 Å². The van der Waals surface area contributed by atoms with Gasteiger partial charge in [-0.25, -0.2) is 4.79 Å². The smallest absolute Gasteiger partial charge is 0.335 e. The number of alkyl halides is 1. The first-order chi connectivity index (χ1) is 8.22. The van der Waals surface area contributed by atoms with Gasteiger partial charge in [-0.15, -0.1) is 0 Å². The van der Waals surface area contributed by atoms with E-state index in [0.29, 0.717) is 5.56 Å². The van der Waals surface area contributed by atoms with Crippen molar-refractivity contribution >= 4 is 5.97 Å². The third kappa shape index (κ3) is 2.65. The highest BCUT2D eigenvalue weighted by Gasteiger charge is 2.26. The zero-order valence-corrected chi connectivity index (χ0v) is 9.73. The normalized spacial score (nSPS) is 24.5. The van der Waals surface area contributed by atoms with Crippen LogP contribution in [0, 0.1) is 5.92 Å². The Kier molecular flexibility index (Phi) is 3.77. The van der Waals surface area contributed by atoms with Gasteiger partial charge < -0.3 is 5.11 Å². The molecule has 17 heavy (non-hydrogen) atoms. The van der Waals surface area contributed by atoms with Crippen LogP contribution in [0.4, 0.5) is 4.39 Å². The first-order valence-corrected chi connectivity index (χ1v) is 6.11. The molecule has 1 aliphatic carbocycles. The molecule has 0 bridgehead atoms. The van der Waals surface area contributed by atoms with Crippen molar-refractivity contribution in [3.63, 3.8) is 0 Å². The third-order valence-electron chi connectivity index (χ3n) is 3.69. The molecule has 0 spiro atoms. The zero-order valence-electron chi connectivity index (χ0n) is 9.73. The molecule has 2 unspecified atom stereocenters. The van der Waals surface area contributed by atoms with Crippen LogP contribution in [-0.4, -0.2) is 17.8 Å². The summed E-state index contributed by atoms with van der Waals surface area (Å²) in [5.41, 5.74) is 1.37. The van der Waals surface area contributed by atoms with Gasteiger partial charge in [0.2, 0.25) is 0 Å². The number of halogens is 1. The summed E-state index contributed by atoms with van der Waals surface area (Å²) in [4.78, 5) is 10.7. The van der Waals surface area contributed by atoms with Gasteiger partial charge in [0.25, 0.3) is 0 Å². The Morgan fingerprint density at radius 1 is 1.24 bits per heavy atom. The van der Waals surface area contributed by atoms with Crippen molar-refractivity contribution < 1.29 is 14.3 Å². The molecule has 1 aromatic rings. The van der Waals surface area contributed by atoms with Crippen molar-refractivity contribution in [1.29, 1.82) is 0 Å². The highest BCUT2D eigenvalue weighted by molar-refractivity contribution is 5.87. The van der Waals surface area contributed by atoms with Crippen LogP contribution in [0.15, 0.2) is 24.3 Å². The molecule has 3 heteroatoms. The molecule has 0 amide bonds. The lowest BCUT2D eigenvalue weighted by Gasteiger charge is -2.30. The minimum Gasteiger partial charge on any atom is -0.478 e. The van der Waals surface area contributed by atoms with Crippen LogP contribution in [0.1, 0.15) is 47.5 Å². The second kappa shape index (κ2) is 5.30. The van der Waals surface area contributed by atoms with Gasteiger partial charge in [0, 0.05) is 0 Å². The van der Waals surface area contributed by atoms with Gasteiger partial charge in [0.15, 0.2) is 0 Å². The van der Waals surface area contributed by atoms with Crippen molar-refractivity contribution in [2.75, 3.05) is 6.67 Å². The number of aromatic carboxylic acids is 1. The largest absolute Gasteiger partial charge is 0.478 e. The number of benzene rings is 1. The Morgan fingerprint density at radius 3 is 2.47 bits per heavy atom. The van der Waals surface area contributed by atoms with Crippen molar-refractivity contribution in [2.24, 2.45) is 5.92 Å². The van der Waals surface area contributed by atoms with Crippen LogP contribution in [0.3, 0.4) is 0 Å². The van der Waals surface area contributed by atoms with E-state index in [1.165, 1.54) is 0 Å². The third-order valence-corrected chi connectivity index (χ3v) is 3.69. The SMILES string of the molecule is O=C(O)c1ccc(C2CCCCC2CF)cc1. The molecule has 1 saturated carbocycles. The quantitative estimate of drug-likeness (QED) is 0.870. The molecule has 2 nitrogen and oxygen atoms in total. The molecule has 1 N–H and O–H groups in total. The molecule has 1 fully saturated rings. The summed E-state index contributed by atoms with van der Waals surface area (Å²) in [7, 11) is 0. The van der Waals surface area contributed by atoms with Gasteiger partial charge in [-0.3, -0.25) is 4.39 Å². The molecule has 0 radical (unpaired) electrons. The average molecular weight is 236 g/mol. The maximum absolute atomic E-state index is 12.9. The minimum absolute atomic E-state index is 0.111. The lowest BCUT2D eigenvalue weighted by Crippen LogP contribution is -2.19. The van der Waals surface area contributed by atoms with Crippen molar-refractivity contribution in [2.45, 2.75) is 31.6 Å². The summed E-state index contributed by atoms with van der Waals surface area (Å²) in [6.07, 6.45) is 4.21. The summed E-state index contributed by atoms with van der Waals surface area (Å²) >= 11 is 0. The van der Waals surface area contributed by atoms with E-state index in [0.717, 1.165) is 31.2 Å². The molecule has 92 valence electrons. The zero-order chi connectivity index (χ0) is 12.3. The van der Waals surface area contributed by atoms with Gasteiger partial charge in [-0.2, -0.15) is 0 Å². The first kappa shape index (κ1) is 12.1. The van der Waals surface area contributed by atoms with Gasteiger partial charge in [0.1, 0.15) is 0 Å². The van der Waals surface area contributed by atoms with Gasteiger partial charge in [-0.05, 0) is 42.4 Å². The van der Waals surface area contributed by atoms with E-state index in [1.54, 1.807) is 12.1 Å². The van der Waals surface area contributed by atoms with E-state index < -0.39 is 5.97 Å². The Morgan fingerprint density at radius 2 is 1.88 bits per heavy atom. The maximum Gasteiger partial charge on any atom is 0.335 e. The van der Waals surface area contributed by atoms with E-state index in [2.05, 4.69) is 0 Å². The molecule has 0 saturated heterocycles.